The van der Waals surface area contributed by atoms with Crippen molar-refractivity contribution in [3.63, 3.8) is 0 Å². The number of nitrogens with one attached hydrogen (secondary N) is 1. The molecule has 28 heavy (non-hydrogen) atoms. The summed E-state index contributed by atoms with van der Waals surface area (Å²) in [5.74, 6) is -4.83. The molecule has 2 rings (SSSR count). The normalized spacial score (nSPS) is 20.8. The zero-order valence-corrected chi connectivity index (χ0v) is 16.3. The molecule has 0 saturated carbocycles. The lowest BCUT2D eigenvalue weighted by molar-refractivity contribution is -0.188. The molecule has 0 bridgehead atoms. The Labute approximate surface area is 166 Å². The minimum atomic E-state index is -4.64. The molecule has 1 heterocycles. The predicted molar refractivity (Wildman–Crippen MR) is 97.1 cm³/mol. The molecule has 1 fully saturated rings. The summed E-state index contributed by atoms with van der Waals surface area (Å²) in [5, 5.41) is 11.7. The van der Waals surface area contributed by atoms with Crippen LogP contribution in [0.5, 0.6) is 11.5 Å². The van der Waals surface area contributed by atoms with E-state index in [0.29, 0.717) is 17.2 Å². The van der Waals surface area contributed by atoms with Gasteiger partial charge in [-0.2, -0.15) is 13.2 Å². The monoisotopic (exact) mass is 426 g/mol. The van der Waals surface area contributed by atoms with Gasteiger partial charge in [-0.15, -0.1) is 12.4 Å². The molecule has 2 N–H and O–H groups in total. The number of alkyl halides is 3. The first-order chi connectivity index (χ1) is 12.6. The van der Waals surface area contributed by atoms with Crippen molar-refractivity contribution in [2.45, 2.75) is 19.1 Å². The van der Waals surface area contributed by atoms with Gasteiger partial charge in [0, 0.05) is 24.8 Å². The fourth-order valence-corrected chi connectivity index (χ4v) is 3.06. The van der Waals surface area contributed by atoms with E-state index < -0.39 is 42.5 Å². The van der Waals surface area contributed by atoms with Crippen molar-refractivity contribution in [1.29, 1.82) is 0 Å². The quantitative estimate of drug-likeness (QED) is 0.727. The molecule has 1 unspecified atom stereocenters. The molecule has 1 aliphatic rings. The predicted octanol–water partition coefficient (Wildman–Crippen LogP) is 2.65. The second-order valence-corrected chi connectivity index (χ2v) is 6.28. The van der Waals surface area contributed by atoms with E-state index in [1.807, 2.05) is 0 Å². The number of hydrogen-bond acceptors (Lipinski definition) is 5. The summed E-state index contributed by atoms with van der Waals surface area (Å²) in [5.41, 5.74) is 0.380. The Kier molecular flexibility index (Phi) is 7.94. The molecule has 158 valence electrons. The van der Waals surface area contributed by atoms with Crippen molar-refractivity contribution >= 4 is 30.0 Å². The SMILES string of the molecule is COc1ccc(NC(=O)C(C)N2C[C@@H](C(F)(F)F)[C@H](C(=O)O)C2)cc1OC.Cl. The number of rotatable bonds is 6. The van der Waals surface area contributed by atoms with Gasteiger partial charge in [-0.1, -0.05) is 0 Å². The van der Waals surface area contributed by atoms with Crippen LogP contribution in [-0.4, -0.2) is 61.4 Å². The van der Waals surface area contributed by atoms with Gasteiger partial charge in [0.15, 0.2) is 11.5 Å². The average Bonchev–Trinajstić information content (AvgIpc) is 3.07. The van der Waals surface area contributed by atoms with Crippen LogP contribution in [-0.2, 0) is 9.59 Å². The molecular formula is C17H22ClF3N2O5. The minimum absolute atomic E-state index is 0. The first-order valence-corrected chi connectivity index (χ1v) is 8.15. The van der Waals surface area contributed by atoms with Crippen molar-refractivity contribution in [1.82, 2.24) is 4.90 Å². The van der Waals surface area contributed by atoms with Gasteiger partial charge in [0.05, 0.1) is 32.1 Å². The summed E-state index contributed by atoms with van der Waals surface area (Å²) in [6.07, 6.45) is -4.64. The van der Waals surface area contributed by atoms with Gasteiger partial charge in [-0.25, -0.2) is 0 Å². The van der Waals surface area contributed by atoms with Gasteiger partial charge >= 0.3 is 12.1 Å². The molecule has 7 nitrogen and oxygen atoms in total. The highest BCUT2D eigenvalue weighted by molar-refractivity contribution is 5.95. The minimum Gasteiger partial charge on any atom is -0.493 e. The smallest absolute Gasteiger partial charge is 0.393 e. The van der Waals surface area contributed by atoms with E-state index in [4.69, 9.17) is 14.6 Å². The number of carbonyl (C=O) groups is 2. The Hall–Kier alpha value is -2.20. The summed E-state index contributed by atoms with van der Waals surface area (Å²) in [7, 11) is 2.89. The number of amides is 1. The lowest BCUT2D eigenvalue weighted by atomic mass is 9.96. The number of aliphatic carboxylic acids is 1. The number of likely N-dealkylation sites (tertiary alicyclic amines) is 1. The number of ether oxygens (including phenoxy) is 2. The molecule has 1 aromatic carbocycles. The third-order valence-electron chi connectivity index (χ3n) is 4.66. The zero-order valence-electron chi connectivity index (χ0n) is 15.4. The van der Waals surface area contributed by atoms with Crippen LogP contribution in [0.25, 0.3) is 0 Å². The second kappa shape index (κ2) is 9.33. The van der Waals surface area contributed by atoms with Crippen molar-refractivity contribution in [2.24, 2.45) is 11.8 Å². The van der Waals surface area contributed by atoms with Crippen LogP contribution in [0, 0.1) is 11.8 Å². The van der Waals surface area contributed by atoms with E-state index in [-0.39, 0.29) is 19.0 Å². The Morgan fingerprint density at radius 2 is 1.82 bits per heavy atom. The van der Waals surface area contributed by atoms with Gasteiger partial charge < -0.3 is 19.9 Å². The maximum Gasteiger partial charge on any atom is 0.393 e. The van der Waals surface area contributed by atoms with Crippen LogP contribution in [0.4, 0.5) is 18.9 Å². The molecular weight excluding hydrogens is 405 g/mol. The summed E-state index contributed by atoms with van der Waals surface area (Å²) >= 11 is 0. The Balaban J connectivity index is 0.00000392. The topological polar surface area (TPSA) is 88.1 Å². The van der Waals surface area contributed by atoms with Crippen LogP contribution in [0.2, 0.25) is 0 Å². The molecule has 1 aliphatic heterocycles. The van der Waals surface area contributed by atoms with E-state index in [1.54, 1.807) is 12.1 Å². The highest BCUT2D eigenvalue weighted by Crippen LogP contribution is 2.38. The fraction of sp³-hybridized carbons (Fsp3) is 0.529. The molecule has 1 amide bonds. The largest absolute Gasteiger partial charge is 0.493 e. The Morgan fingerprint density at radius 3 is 2.29 bits per heavy atom. The summed E-state index contributed by atoms with van der Waals surface area (Å²) in [4.78, 5) is 24.8. The Bertz CT molecular complexity index is 717. The molecule has 0 aliphatic carbocycles. The number of hydrogen-bond donors (Lipinski definition) is 2. The van der Waals surface area contributed by atoms with Crippen molar-refractivity contribution in [2.75, 3.05) is 32.6 Å². The van der Waals surface area contributed by atoms with Crippen molar-refractivity contribution < 1.29 is 37.3 Å². The lowest BCUT2D eigenvalue weighted by Crippen LogP contribution is -2.41. The first-order valence-electron chi connectivity index (χ1n) is 8.15. The second-order valence-electron chi connectivity index (χ2n) is 6.28. The number of methoxy groups -OCH3 is 2. The lowest BCUT2D eigenvalue weighted by Gasteiger charge is -2.24. The number of carboxylic acid groups (broad SMARTS) is 1. The van der Waals surface area contributed by atoms with Crippen molar-refractivity contribution in [3.8, 4) is 11.5 Å². The van der Waals surface area contributed by atoms with Crippen LogP contribution < -0.4 is 14.8 Å². The van der Waals surface area contributed by atoms with Gasteiger partial charge in [0.2, 0.25) is 5.91 Å². The van der Waals surface area contributed by atoms with E-state index in [2.05, 4.69) is 5.32 Å². The van der Waals surface area contributed by atoms with Crippen LogP contribution >= 0.6 is 12.4 Å². The van der Waals surface area contributed by atoms with Crippen molar-refractivity contribution in [3.05, 3.63) is 18.2 Å². The number of anilines is 1. The molecule has 11 heteroatoms. The number of nitrogens with zero attached hydrogens (tertiary/aromatic N) is 1. The van der Waals surface area contributed by atoms with E-state index >= 15 is 0 Å². The molecule has 0 aromatic heterocycles. The summed E-state index contributed by atoms with van der Waals surface area (Å²) < 4.78 is 49.5. The number of halogens is 4. The average molecular weight is 427 g/mol. The molecule has 3 atom stereocenters. The van der Waals surface area contributed by atoms with Gasteiger partial charge in [-0.05, 0) is 19.1 Å². The third-order valence-corrected chi connectivity index (χ3v) is 4.66. The number of benzene rings is 1. The highest BCUT2D eigenvalue weighted by atomic mass is 35.5. The molecule has 1 aromatic rings. The van der Waals surface area contributed by atoms with Gasteiger partial charge in [0.25, 0.3) is 0 Å². The maximum atomic E-state index is 13.1. The van der Waals surface area contributed by atoms with E-state index in [1.165, 1.54) is 32.1 Å². The van der Waals surface area contributed by atoms with Crippen LogP contribution in [0.3, 0.4) is 0 Å². The first kappa shape index (κ1) is 23.8. The van der Waals surface area contributed by atoms with E-state index in [0.717, 1.165) is 0 Å². The molecule has 1 saturated heterocycles. The van der Waals surface area contributed by atoms with Crippen LogP contribution in [0.1, 0.15) is 6.92 Å². The maximum absolute atomic E-state index is 13.1. The van der Waals surface area contributed by atoms with Gasteiger partial charge in [0.1, 0.15) is 0 Å². The standard InChI is InChI=1S/C17H21F3N2O5.ClH/c1-9(22-7-11(16(24)25)12(8-22)17(18,19)20)15(23)21-10-4-5-13(26-2)14(6-10)27-3;/h4-6,9,11-12H,7-8H2,1-3H3,(H,21,23)(H,24,25);1H/t9?,11-,12-;/m1./s1. The third kappa shape index (κ3) is 5.20. The highest BCUT2D eigenvalue weighted by Gasteiger charge is 2.53. The Morgan fingerprint density at radius 1 is 1.21 bits per heavy atom. The number of carboxylic acids is 1. The molecule has 0 spiro atoms. The zero-order chi connectivity index (χ0) is 20.4. The van der Waals surface area contributed by atoms with Crippen LogP contribution in [0.15, 0.2) is 18.2 Å². The molecule has 0 radical (unpaired) electrons. The van der Waals surface area contributed by atoms with Gasteiger partial charge in [-0.3, -0.25) is 14.5 Å². The summed E-state index contributed by atoms with van der Waals surface area (Å²) in [6, 6.07) is 3.72. The summed E-state index contributed by atoms with van der Waals surface area (Å²) in [6.45, 7) is 0.550. The fourth-order valence-electron chi connectivity index (χ4n) is 3.06. The number of carbonyl (C=O) groups excluding carboxylic acids is 1. The van der Waals surface area contributed by atoms with E-state index in [9.17, 15) is 22.8 Å².